The van der Waals surface area contributed by atoms with E-state index in [1.54, 1.807) is 30.3 Å². The highest BCUT2D eigenvalue weighted by molar-refractivity contribution is 6.33. The Morgan fingerprint density at radius 3 is 1.88 bits per heavy atom. The van der Waals surface area contributed by atoms with Gasteiger partial charge >= 0.3 is 5.97 Å². The summed E-state index contributed by atoms with van der Waals surface area (Å²) in [7, 11) is 4.31. The lowest BCUT2D eigenvalue weighted by atomic mass is 10.1. The number of hydrogen-bond acceptors (Lipinski definition) is 4. The average molecular weight is 350 g/mol. The lowest BCUT2D eigenvalue weighted by Crippen LogP contribution is -2.16. The summed E-state index contributed by atoms with van der Waals surface area (Å²) >= 11 is 0. The topological polar surface area (TPSA) is 46.6 Å². The van der Waals surface area contributed by atoms with E-state index >= 15 is 0 Å². The molecule has 0 aliphatic heterocycles. The van der Waals surface area contributed by atoms with Crippen LogP contribution < -0.4 is 4.74 Å². The molecule has 0 spiro atoms. The van der Waals surface area contributed by atoms with Crippen molar-refractivity contribution in [1.82, 2.24) is 4.90 Å². The van der Waals surface area contributed by atoms with E-state index in [1.165, 1.54) is 64.8 Å². The molecule has 1 aromatic carbocycles. The van der Waals surface area contributed by atoms with Crippen LogP contribution >= 0.6 is 0 Å². The summed E-state index contributed by atoms with van der Waals surface area (Å²) in [4.78, 5) is 23.5. The molecule has 0 amide bonds. The first-order chi connectivity index (χ1) is 12.0. The van der Waals surface area contributed by atoms with E-state index in [1.807, 2.05) is 0 Å². The van der Waals surface area contributed by atoms with Crippen molar-refractivity contribution >= 4 is 11.8 Å². The van der Waals surface area contributed by atoms with Crippen molar-refractivity contribution in [3.05, 3.63) is 30.3 Å². The summed E-state index contributed by atoms with van der Waals surface area (Å²) in [5.41, 5.74) is 0. The minimum Gasteiger partial charge on any atom is -0.421 e. The number of ketones is 1. The summed E-state index contributed by atoms with van der Waals surface area (Å²) in [5, 5.41) is 0. The number of ether oxygens (including phenoxy) is 1. The largest absolute Gasteiger partial charge is 0.421 e. The minimum absolute atomic E-state index is 0.387. The normalized spacial score (nSPS) is 10.1. The molecule has 1 rings (SSSR count). The Morgan fingerprint density at radius 1 is 0.880 bits per heavy atom. The van der Waals surface area contributed by atoms with Crippen molar-refractivity contribution < 1.29 is 14.3 Å². The molecule has 142 valence electrons. The van der Waals surface area contributed by atoms with E-state index in [9.17, 15) is 9.59 Å². The molecule has 4 heteroatoms. The number of Topliss-reactive ketones (excluding diaryl/α,β-unsaturated/α-hetero) is 1. The van der Waals surface area contributed by atoms with Crippen LogP contribution in [0.4, 0.5) is 0 Å². The zero-order valence-corrected chi connectivity index (χ0v) is 16.4. The van der Waals surface area contributed by atoms with Crippen LogP contribution in [0.25, 0.3) is 0 Å². The van der Waals surface area contributed by atoms with Crippen LogP contribution in [0.5, 0.6) is 5.75 Å². The van der Waals surface area contributed by atoms with Gasteiger partial charge in [-0.2, -0.15) is 0 Å². The SMILES string of the molecule is CC(=O)C(=O)Oc1ccccc1.CCCCCCCCCCN(C)C. The van der Waals surface area contributed by atoms with Crippen LogP contribution in [0, 0.1) is 0 Å². The zero-order valence-electron chi connectivity index (χ0n) is 16.4. The van der Waals surface area contributed by atoms with E-state index < -0.39 is 11.8 Å². The van der Waals surface area contributed by atoms with Crippen LogP contribution in [0.15, 0.2) is 30.3 Å². The van der Waals surface area contributed by atoms with Gasteiger partial charge in [0.05, 0.1) is 0 Å². The second-order valence-electron chi connectivity index (χ2n) is 6.54. The zero-order chi connectivity index (χ0) is 18.9. The van der Waals surface area contributed by atoms with Crippen molar-refractivity contribution in [1.29, 1.82) is 0 Å². The molecule has 1 aromatic rings. The summed E-state index contributed by atoms with van der Waals surface area (Å²) < 4.78 is 4.69. The maximum absolute atomic E-state index is 10.7. The predicted molar refractivity (Wildman–Crippen MR) is 104 cm³/mol. The highest BCUT2D eigenvalue weighted by atomic mass is 16.5. The van der Waals surface area contributed by atoms with Crippen LogP contribution in [0.2, 0.25) is 0 Å². The average Bonchev–Trinajstić information content (AvgIpc) is 2.58. The summed E-state index contributed by atoms with van der Waals surface area (Å²) in [6.07, 6.45) is 11.4. The molecule has 0 aliphatic carbocycles. The van der Waals surface area contributed by atoms with Crippen LogP contribution in [-0.4, -0.2) is 37.3 Å². The van der Waals surface area contributed by atoms with Gasteiger partial charge in [0.15, 0.2) is 0 Å². The third-order valence-electron chi connectivity index (χ3n) is 3.70. The van der Waals surface area contributed by atoms with Gasteiger partial charge in [-0.3, -0.25) is 4.79 Å². The minimum atomic E-state index is -0.832. The molecule has 0 heterocycles. The Balaban J connectivity index is 0.000000462. The predicted octanol–water partition coefficient (Wildman–Crippen LogP) is 4.87. The van der Waals surface area contributed by atoms with Crippen LogP contribution in [0.3, 0.4) is 0 Å². The number of esters is 1. The molecule has 4 nitrogen and oxygen atoms in total. The first-order valence-corrected chi connectivity index (χ1v) is 9.39. The molecule has 0 unspecified atom stereocenters. The van der Waals surface area contributed by atoms with Gasteiger partial charge in [-0.1, -0.05) is 70.1 Å². The number of carbonyl (C=O) groups excluding carboxylic acids is 2. The van der Waals surface area contributed by atoms with Gasteiger partial charge in [-0.25, -0.2) is 4.79 Å². The molecular formula is C21H35NO3. The molecule has 0 N–H and O–H groups in total. The molecular weight excluding hydrogens is 314 g/mol. The molecule has 0 atom stereocenters. The van der Waals surface area contributed by atoms with Crippen LogP contribution in [0.1, 0.15) is 65.2 Å². The molecule has 0 fully saturated rings. The standard InChI is InChI=1S/C12H27N.C9H8O3/c1-4-5-6-7-8-9-10-11-12-13(2)3;1-7(10)9(11)12-8-5-3-2-4-6-8/h4-12H2,1-3H3;2-6H,1H3. The van der Waals surface area contributed by atoms with Gasteiger partial charge < -0.3 is 9.64 Å². The third kappa shape index (κ3) is 15.6. The molecule has 0 saturated carbocycles. The summed E-state index contributed by atoms with van der Waals surface area (Å²) in [6, 6.07) is 8.47. The van der Waals surface area contributed by atoms with Gasteiger partial charge in [0.25, 0.3) is 0 Å². The molecule has 25 heavy (non-hydrogen) atoms. The molecule has 0 radical (unpaired) electrons. The van der Waals surface area contributed by atoms with Gasteiger partial charge in [-0.15, -0.1) is 0 Å². The van der Waals surface area contributed by atoms with Gasteiger partial charge in [0.2, 0.25) is 5.78 Å². The lowest BCUT2D eigenvalue weighted by Gasteiger charge is -2.08. The quantitative estimate of drug-likeness (QED) is 0.247. The maximum atomic E-state index is 10.7. The fraction of sp³-hybridized carbons (Fsp3) is 0.619. The van der Waals surface area contributed by atoms with E-state index in [2.05, 4.69) is 30.7 Å². The number of benzene rings is 1. The van der Waals surface area contributed by atoms with Crippen LogP contribution in [-0.2, 0) is 9.59 Å². The van der Waals surface area contributed by atoms with Crippen molar-refractivity contribution in [2.75, 3.05) is 20.6 Å². The molecule has 0 bridgehead atoms. The first-order valence-electron chi connectivity index (χ1n) is 9.39. The van der Waals surface area contributed by atoms with E-state index in [0.29, 0.717) is 5.75 Å². The Labute approximate surface area is 153 Å². The number of hydrogen-bond donors (Lipinski definition) is 0. The highest BCUT2D eigenvalue weighted by Crippen LogP contribution is 2.09. The van der Waals surface area contributed by atoms with E-state index in [0.717, 1.165) is 0 Å². The van der Waals surface area contributed by atoms with Gasteiger partial charge in [-0.05, 0) is 39.2 Å². The second-order valence-corrected chi connectivity index (χ2v) is 6.54. The highest BCUT2D eigenvalue weighted by Gasteiger charge is 2.09. The number of rotatable bonds is 11. The van der Waals surface area contributed by atoms with Crippen molar-refractivity contribution in [2.24, 2.45) is 0 Å². The molecule has 0 aromatic heterocycles. The smallest absolute Gasteiger partial charge is 0.379 e. The Morgan fingerprint density at radius 2 is 1.40 bits per heavy atom. The number of unbranched alkanes of at least 4 members (excludes halogenated alkanes) is 7. The fourth-order valence-corrected chi connectivity index (χ4v) is 2.23. The lowest BCUT2D eigenvalue weighted by molar-refractivity contribution is -0.146. The third-order valence-corrected chi connectivity index (χ3v) is 3.70. The number of para-hydroxylation sites is 1. The fourth-order valence-electron chi connectivity index (χ4n) is 2.23. The monoisotopic (exact) mass is 349 g/mol. The number of carbonyl (C=O) groups is 2. The Bertz CT molecular complexity index is 457. The summed E-state index contributed by atoms with van der Waals surface area (Å²) in [6.45, 7) is 4.71. The van der Waals surface area contributed by atoms with Gasteiger partial charge in [0, 0.05) is 6.92 Å². The van der Waals surface area contributed by atoms with Crippen molar-refractivity contribution in [3.8, 4) is 5.75 Å². The summed E-state index contributed by atoms with van der Waals surface area (Å²) in [5.74, 6) is -1.04. The molecule has 0 saturated heterocycles. The first kappa shape index (κ1) is 23.3. The Kier molecular flexibility index (Phi) is 14.8. The Hall–Kier alpha value is -1.68. The van der Waals surface area contributed by atoms with Crippen molar-refractivity contribution in [2.45, 2.75) is 65.2 Å². The maximum Gasteiger partial charge on any atom is 0.379 e. The van der Waals surface area contributed by atoms with E-state index in [4.69, 9.17) is 0 Å². The molecule has 0 aliphatic rings. The van der Waals surface area contributed by atoms with E-state index in [-0.39, 0.29) is 0 Å². The van der Waals surface area contributed by atoms with Crippen molar-refractivity contribution in [3.63, 3.8) is 0 Å². The second kappa shape index (κ2) is 15.8. The number of nitrogens with zero attached hydrogens (tertiary/aromatic N) is 1. The van der Waals surface area contributed by atoms with Gasteiger partial charge in [0.1, 0.15) is 5.75 Å².